The average molecular weight is 297 g/mol. The summed E-state index contributed by atoms with van der Waals surface area (Å²) < 4.78 is 5.37. The summed E-state index contributed by atoms with van der Waals surface area (Å²) in [6.45, 7) is 0. The normalized spacial score (nSPS) is 10.4. The van der Waals surface area contributed by atoms with Crippen LogP contribution in [0.4, 0.5) is 5.00 Å². The fourth-order valence-electron chi connectivity index (χ4n) is 1.41. The Balaban J connectivity index is 2.04. The van der Waals surface area contributed by atoms with Crippen molar-refractivity contribution in [2.75, 3.05) is 11.6 Å². The van der Waals surface area contributed by atoms with Crippen molar-refractivity contribution >= 4 is 40.0 Å². The van der Waals surface area contributed by atoms with E-state index in [0.29, 0.717) is 10.8 Å². The molecule has 0 aliphatic rings. The maximum absolute atomic E-state index is 11.9. The third kappa shape index (κ3) is 3.39. The number of rotatable bonds is 5. The number of hydrogen-bond acceptors (Lipinski definition) is 5. The van der Waals surface area contributed by atoms with Gasteiger partial charge in [-0.15, -0.1) is 11.3 Å². The average Bonchev–Trinajstić information content (AvgIpc) is 2.98. The smallest absolute Gasteiger partial charge is 0.345 e. The number of carboxylic acids is 1. The molecule has 2 heterocycles. The van der Waals surface area contributed by atoms with Gasteiger partial charge in [-0.1, -0.05) is 0 Å². The molecule has 5 nitrogen and oxygen atoms in total. The molecule has 0 aliphatic carbocycles. The summed E-state index contributed by atoms with van der Waals surface area (Å²) in [6.07, 6.45) is 1.95. The Bertz CT molecular complexity index is 602. The number of carbonyl (C=O) groups is 2. The van der Waals surface area contributed by atoms with E-state index < -0.39 is 5.97 Å². The molecule has 7 heteroatoms. The fourth-order valence-corrected chi connectivity index (χ4v) is 2.59. The van der Waals surface area contributed by atoms with Crippen molar-refractivity contribution in [2.24, 2.45) is 0 Å². The molecule has 2 aromatic heterocycles. The van der Waals surface area contributed by atoms with E-state index >= 15 is 0 Å². The monoisotopic (exact) mass is 297 g/mol. The molecule has 0 aromatic carbocycles. The second-order valence-corrected chi connectivity index (χ2v) is 5.57. The van der Waals surface area contributed by atoms with Gasteiger partial charge in [-0.05, 0) is 30.5 Å². The summed E-state index contributed by atoms with van der Waals surface area (Å²) in [5, 5.41) is 11.9. The molecule has 2 N–H and O–H groups in total. The zero-order valence-electron chi connectivity index (χ0n) is 10.0. The summed E-state index contributed by atoms with van der Waals surface area (Å²) in [5.41, 5.74) is 0. The molecular weight excluding hydrogens is 286 g/mol. The van der Waals surface area contributed by atoms with Gasteiger partial charge in [-0.25, -0.2) is 4.79 Å². The lowest BCUT2D eigenvalue weighted by molar-refractivity contribution is 0.0702. The largest absolute Gasteiger partial charge is 0.477 e. The van der Waals surface area contributed by atoms with Crippen LogP contribution < -0.4 is 5.32 Å². The molecule has 0 saturated carbocycles. The quantitative estimate of drug-likeness (QED) is 0.886. The number of carbonyl (C=O) groups excluding carboxylic acids is 1. The lowest BCUT2D eigenvalue weighted by atomic mass is 10.4. The van der Waals surface area contributed by atoms with Crippen LogP contribution in [0.3, 0.4) is 0 Å². The topological polar surface area (TPSA) is 79.5 Å². The first kappa shape index (κ1) is 13.7. The first-order valence-corrected chi connectivity index (χ1v) is 7.53. The number of aromatic carboxylic acids is 1. The number of thioether (sulfide) groups is 1. The van der Waals surface area contributed by atoms with Crippen molar-refractivity contribution in [3.8, 4) is 0 Å². The van der Waals surface area contributed by atoms with Crippen LogP contribution in [0.25, 0.3) is 0 Å². The SMILES string of the molecule is CSCc1ccc(C(=O)Nc2ccc(C(=O)O)s2)o1. The van der Waals surface area contributed by atoms with E-state index in [1.54, 1.807) is 30.0 Å². The Morgan fingerprint density at radius 2 is 2.16 bits per heavy atom. The number of carboxylic acid groups (broad SMARTS) is 1. The zero-order chi connectivity index (χ0) is 13.8. The van der Waals surface area contributed by atoms with E-state index in [9.17, 15) is 9.59 Å². The van der Waals surface area contributed by atoms with Crippen LogP contribution in [0.5, 0.6) is 0 Å². The first-order chi connectivity index (χ1) is 9.10. The van der Waals surface area contributed by atoms with Crippen molar-refractivity contribution in [1.82, 2.24) is 0 Å². The number of nitrogens with one attached hydrogen (secondary N) is 1. The molecule has 0 radical (unpaired) electrons. The van der Waals surface area contributed by atoms with E-state index in [0.717, 1.165) is 17.1 Å². The van der Waals surface area contributed by atoms with Crippen molar-refractivity contribution in [3.05, 3.63) is 40.7 Å². The maximum atomic E-state index is 11.9. The van der Waals surface area contributed by atoms with Gasteiger partial charge < -0.3 is 14.8 Å². The molecule has 0 bridgehead atoms. The van der Waals surface area contributed by atoms with Crippen molar-refractivity contribution < 1.29 is 19.1 Å². The minimum absolute atomic E-state index is 0.179. The Morgan fingerprint density at radius 1 is 1.37 bits per heavy atom. The highest BCUT2D eigenvalue weighted by Crippen LogP contribution is 2.23. The van der Waals surface area contributed by atoms with E-state index in [1.807, 2.05) is 6.26 Å². The Kier molecular flexibility index (Phi) is 4.28. The van der Waals surface area contributed by atoms with Gasteiger partial charge in [0.15, 0.2) is 5.76 Å². The van der Waals surface area contributed by atoms with Crippen molar-refractivity contribution in [1.29, 1.82) is 0 Å². The van der Waals surface area contributed by atoms with Crippen LogP contribution in [0.1, 0.15) is 26.0 Å². The van der Waals surface area contributed by atoms with Gasteiger partial charge in [0, 0.05) is 0 Å². The second kappa shape index (κ2) is 5.94. The van der Waals surface area contributed by atoms with E-state index in [1.165, 1.54) is 6.07 Å². The van der Waals surface area contributed by atoms with Gasteiger partial charge in [0.05, 0.1) is 10.8 Å². The third-order valence-corrected chi connectivity index (χ3v) is 3.79. The number of thiophene rings is 1. The molecule has 2 aromatic rings. The standard InChI is InChI=1S/C12H11NO4S2/c1-18-6-7-2-3-8(17-7)11(14)13-10-5-4-9(19-10)12(15)16/h2-5H,6H2,1H3,(H,13,14)(H,15,16). The van der Waals surface area contributed by atoms with E-state index in [2.05, 4.69) is 5.32 Å². The lowest BCUT2D eigenvalue weighted by Crippen LogP contribution is -2.09. The minimum atomic E-state index is -1.01. The molecule has 19 heavy (non-hydrogen) atoms. The number of furan rings is 1. The number of hydrogen-bond donors (Lipinski definition) is 2. The van der Waals surface area contributed by atoms with Crippen molar-refractivity contribution in [2.45, 2.75) is 5.75 Å². The molecule has 0 saturated heterocycles. The Hall–Kier alpha value is -1.73. The van der Waals surface area contributed by atoms with E-state index in [-0.39, 0.29) is 16.5 Å². The van der Waals surface area contributed by atoms with Crippen LogP contribution in [0, 0.1) is 0 Å². The Labute approximate surface area is 117 Å². The highest BCUT2D eigenvalue weighted by atomic mass is 32.2. The van der Waals surface area contributed by atoms with Crippen LogP contribution in [-0.4, -0.2) is 23.2 Å². The van der Waals surface area contributed by atoms with Crippen molar-refractivity contribution in [3.63, 3.8) is 0 Å². The predicted octanol–water partition coefficient (Wildman–Crippen LogP) is 3.15. The highest BCUT2D eigenvalue weighted by molar-refractivity contribution is 7.97. The summed E-state index contributed by atoms with van der Waals surface area (Å²) in [5.74, 6) is 0.261. The summed E-state index contributed by atoms with van der Waals surface area (Å²) in [6, 6.07) is 6.36. The highest BCUT2D eigenvalue weighted by Gasteiger charge is 2.13. The van der Waals surface area contributed by atoms with Gasteiger partial charge in [0.1, 0.15) is 10.6 Å². The minimum Gasteiger partial charge on any atom is -0.477 e. The van der Waals surface area contributed by atoms with Gasteiger partial charge in [0.25, 0.3) is 5.91 Å². The number of amides is 1. The molecule has 0 fully saturated rings. The molecule has 0 spiro atoms. The third-order valence-electron chi connectivity index (χ3n) is 2.23. The predicted molar refractivity (Wildman–Crippen MR) is 75.2 cm³/mol. The lowest BCUT2D eigenvalue weighted by Gasteiger charge is -1.98. The van der Waals surface area contributed by atoms with Gasteiger partial charge in [0.2, 0.25) is 0 Å². The molecule has 2 rings (SSSR count). The summed E-state index contributed by atoms with van der Waals surface area (Å²) >= 11 is 2.61. The van der Waals surface area contributed by atoms with Gasteiger partial charge >= 0.3 is 5.97 Å². The molecule has 0 unspecified atom stereocenters. The Morgan fingerprint density at radius 3 is 2.79 bits per heavy atom. The van der Waals surface area contributed by atoms with Crippen LogP contribution in [-0.2, 0) is 5.75 Å². The molecular formula is C12H11NO4S2. The van der Waals surface area contributed by atoms with Crippen LogP contribution >= 0.6 is 23.1 Å². The number of anilines is 1. The van der Waals surface area contributed by atoms with E-state index in [4.69, 9.17) is 9.52 Å². The van der Waals surface area contributed by atoms with Crippen LogP contribution in [0.15, 0.2) is 28.7 Å². The zero-order valence-corrected chi connectivity index (χ0v) is 11.6. The fraction of sp³-hybridized carbons (Fsp3) is 0.167. The van der Waals surface area contributed by atoms with Gasteiger partial charge in [-0.2, -0.15) is 11.8 Å². The molecule has 100 valence electrons. The molecule has 0 atom stereocenters. The summed E-state index contributed by atoms with van der Waals surface area (Å²) in [4.78, 5) is 22.8. The maximum Gasteiger partial charge on any atom is 0.345 e. The first-order valence-electron chi connectivity index (χ1n) is 5.32. The second-order valence-electron chi connectivity index (χ2n) is 3.62. The summed E-state index contributed by atoms with van der Waals surface area (Å²) in [7, 11) is 0. The molecule has 0 aliphatic heterocycles. The van der Waals surface area contributed by atoms with Crippen LogP contribution in [0.2, 0.25) is 0 Å². The molecule has 1 amide bonds. The van der Waals surface area contributed by atoms with Gasteiger partial charge in [-0.3, -0.25) is 4.79 Å².